The second kappa shape index (κ2) is 7.66. The van der Waals surface area contributed by atoms with Crippen LogP contribution in [0.1, 0.15) is 29.3 Å². The van der Waals surface area contributed by atoms with E-state index < -0.39 is 29.7 Å². The summed E-state index contributed by atoms with van der Waals surface area (Å²) in [5.41, 5.74) is -1.42. The minimum atomic E-state index is -4.64. The van der Waals surface area contributed by atoms with Gasteiger partial charge in [0.15, 0.2) is 0 Å². The molecule has 5 nitrogen and oxygen atoms in total. The molecule has 0 saturated carbocycles. The van der Waals surface area contributed by atoms with Gasteiger partial charge in [-0.2, -0.15) is 13.2 Å². The minimum Gasteiger partial charge on any atom is -0.489 e. The number of rotatable bonds is 7. The fourth-order valence-corrected chi connectivity index (χ4v) is 1.73. The van der Waals surface area contributed by atoms with Crippen molar-refractivity contribution in [3.05, 3.63) is 42.0 Å². The van der Waals surface area contributed by atoms with Crippen molar-refractivity contribution < 1.29 is 32.6 Å². The lowest BCUT2D eigenvalue weighted by molar-refractivity contribution is -0.139. The van der Waals surface area contributed by atoms with Gasteiger partial charge in [-0.15, -0.1) is 0 Å². The lowest BCUT2D eigenvalue weighted by atomic mass is 10.1. The van der Waals surface area contributed by atoms with Gasteiger partial charge in [0.25, 0.3) is 5.91 Å². The first kappa shape index (κ1) is 18.5. The maximum Gasteiger partial charge on any atom is 0.416 e. The number of alkyl halides is 3. The van der Waals surface area contributed by atoms with Crippen LogP contribution in [0, 0.1) is 0 Å². The molecule has 1 aromatic carbocycles. The Balaban J connectivity index is 3.19. The van der Waals surface area contributed by atoms with E-state index in [0.717, 1.165) is 12.1 Å². The molecule has 1 rings (SSSR count). The summed E-state index contributed by atoms with van der Waals surface area (Å²) in [4.78, 5) is 23.1. The molecule has 1 atom stereocenters. The molecule has 2 N–H and O–H groups in total. The van der Waals surface area contributed by atoms with Crippen LogP contribution in [-0.4, -0.2) is 29.6 Å². The van der Waals surface area contributed by atoms with Crippen LogP contribution >= 0.6 is 0 Å². The van der Waals surface area contributed by atoms with Crippen molar-refractivity contribution in [1.82, 2.24) is 5.32 Å². The number of carbonyl (C=O) groups is 2. The minimum absolute atomic E-state index is 0.0121. The van der Waals surface area contributed by atoms with Crippen molar-refractivity contribution >= 4 is 11.9 Å². The molecule has 0 aromatic heterocycles. The zero-order valence-electron chi connectivity index (χ0n) is 12.3. The number of halogens is 3. The Kier molecular flexibility index (Phi) is 6.18. The number of carboxylic acids is 1. The van der Waals surface area contributed by atoms with Crippen LogP contribution in [-0.2, 0) is 11.0 Å². The highest BCUT2D eigenvalue weighted by atomic mass is 19.4. The smallest absolute Gasteiger partial charge is 0.416 e. The number of hydrogen-bond acceptors (Lipinski definition) is 3. The first-order chi connectivity index (χ1) is 10.7. The Labute approximate surface area is 130 Å². The van der Waals surface area contributed by atoms with Crippen molar-refractivity contribution in [3.8, 4) is 5.75 Å². The fraction of sp³-hybridized carbons (Fsp3) is 0.333. The Bertz CT molecular complexity index is 599. The van der Waals surface area contributed by atoms with E-state index in [2.05, 4.69) is 11.9 Å². The molecule has 0 fully saturated rings. The molecule has 0 radical (unpaired) electrons. The monoisotopic (exact) mass is 331 g/mol. The molecule has 23 heavy (non-hydrogen) atoms. The van der Waals surface area contributed by atoms with E-state index in [-0.39, 0.29) is 24.3 Å². The Morgan fingerprint density at radius 1 is 1.43 bits per heavy atom. The SMILES string of the molecule is C=CCOc1ccc(C(F)(F)F)cc1C(=O)NC(CC)C(=O)O. The molecule has 0 aliphatic heterocycles. The number of ether oxygens (including phenoxy) is 1. The van der Waals surface area contributed by atoms with Crippen LogP contribution in [0.2, 0.25) is 0 Å². The third kappa shape index (κ3) is 5.01. The van der Waals surface area contributed by atoms with Crippen LogP contribution in [0.15, 0.2) is 30.9 Å². The van der Waals surface area contributed by atoms with Gasteiger partial charge in [-0.05, 0) is 24.6 Å². The third-order valence-electron chi connectivity index (χ3n) is 2.92. The molecule has 0 heterocycles. The van der Waals surface area contributed by atoms with Gasteiger partial charge in [0.2, 0.25) is 0 Å². The average Bonchev–Trinajstić information content (AvgIpc) is 2.48. The molecule has 1 aromatic rings. The molecule has 0 saturated heterocycles. The summed E-state index contributed by atoms with van der Waals surface area (Å²) < 4.78 is 43.5. The number of carbonyl (C=O) groups excluding carboxylic acids is 1. The standard InChI is InChI=1S/C15H16F3NO4/c1-3-7-23-12-6-5-9(15(16,17)18)8-10(12)13(20)19-11(4-2)14(21)22/h3,5-6,8,11H,1,4,7H2,2H3,(H,19,20)(H,21,22). The number of aliphatic carboxylic acids is 1. The van der Waals surface area contributed by atoms with Gasteiger partial charge < -0.3 is 15.2 Å². The summed E-state index contributed by atoms with van der Waals surface area (Å²) in [5, 5.41) is 11.1. The molecule has 1 amide bonds. The van der Waals surface area contributed by atoms with Gasteiger partial charge in [0.05, 0.1) is 11.1 Å². The summed E-state index contributed by atoms with van der Waals surface area (Å²) in [6.45, 7) is 4.92. The molecule has 0 bridgehead atoms. The Hall–Kier alpha value is -2.51. The average molecular weight is 331 g/mol. The maximum absolute atomic E-state index is 12.8. The van der Waals surface area contributed by atoms with Gasteiger partial charge in [0, 0.05) is 0 Å². The van der Waals surface area contributed by atoms with E-state index in [1.807, 2.05) is 0 Å². The van der Waals surface area contributed by atoms with Crippen molar-refractivity contribution in [3.63, 3.8) is 0 Å². The van der Waals surface area contributed by atoms with Crippen LogP contribution in [0.5, 0.6) is 5.75 Å². The van der Waals surface area contributed by atoms with Gasteiger partial charge in [-0.25, -0.2) is 4.79 Å². The number of carboxylic acid groups (broad SMARTS) is 1. The summed E-state index contributed by atoms with van der Waals surface area (Å²) in [6, 6.07) is 1.22. The van der Waals surface area contributed by atoms with E-state index in [0.29, 0.717) is 6.07 Å². The van der Waals surface area contributed by atoms with Gasteiger partial charge in [-0.1, -0.05) is 19.6 Å². The van der Waals surface area contributed by atoms with Crippen molar-refractivity contribution in [2.75, 3.05) is 6.61 Å². The molecular weight excluding hydrogens is 315 g/mol. The predicted molar refractivity (Wildman–Crippen MR) is 76.3 cm³/mol. The first-order valence-electron chi connectivity index (χ1n) is 6.69. The maximum atomic E-state index is 12.8. The molecule has 0 spiro atoms. The van der Waals surface area contributed by atoms with Gasteiger partial charge >= 0.3 is 12.1 Å². The van der Waals surface area contributed by atoms with Gasteiger partial charge in [0.1, 0.15) is 18.4 Å². The third-order valence-corrected chi connectivity index (χ3v) is 2.92. The summed E-state index contributed by atoms with van der Waals surface area (Å²) >= 11 is 0. The number of benzene rings is 1. The molecule has 0 aliphatic carbocycles. The highest BCUT2D eigenvalue weighted by molar-refractivity contribution is 5.99. The zero-order chi connectivity index (χ0) is 17.6. The van der Waals surface area contributed by atoms with Gasteiger partial charge in [-0.3, -0.25) is 4.79 Å². The van der Waals surface area contributed by atoms with E-state index in [4.69, 9.17) is 9.84 Å². The summed E-state index contributed by atoms with van der Waals surface area (Å²) in [6.07, 6.45) is -3.18. The lowest BCUT2D eigenvalue weighted by Gasteiger charge is -2.16. The predicted octanol–water partition coefficient (Wildman–Crippen LogP) is 2.86. The normalized spacial score (nSPS) is 12.3. The molecule has 1 unspecified atom stereocenters. The van der Waals surface area contributed by atoms with Crippen molar-refractivity contribution in [2.24, 2.45) is 0 Å². The van der Waals surface area contributed by atoms with Crippen LogP contribution < -0.4 is 10.1 Å². The fourth-order valence-electron chi connectivity index (χ4n) is 1.73. The van der Waals surface area contributed by atoms with E-state index >= 15 is 0 Å². The van der Waals surface area contributed by atoms with Crippen molar-refractivity contribution in [2.45, 2.75) is 25.6 Å². The molecule has 0 aliphatic rings. The van der Waals surface area contributed by atoms with Crippen molar-refractivity contribution in [1.29, 1.82) is 0 Å². The number of amides is 1. The van der Waals surface area contributed by atoms with Crippen LogP contribution in [0.3, 0.4) is 0 Å². The second-order valence-corrected chi connectivity index (χ2v) is 4.58. The van der Waals surface area contributed by atoms with Crippen LogP contribution in [0.25, 0.3) is 0 Å². The van der Waals surface area contributed by atoms with E-state index in [9.17, 15) is 22.8 Å². The van der Waals surface area contributed by atoms with Crippen LogP contribution in [0.4, 0.5) is 13.2 Å². The summed E-state index contributed by atoms with van der Waals surface area (Å²) in [7, 11) is 0. The largest absolute Gasteiger partial charge is 0.489 e. The molecular formula is C15H16F3NO4. The first-order valence-corrected chi connectivity index (χ1v) is 6.69. The highest BCUT2D eigenvalue weighted by Crippen LogP contribution is 2.32. The van der Waals surface area contributed by atoms with E-state index in [1.165, 1.54) is 13.0 Å². The summed E-state index contributed by atoms with van der Waals surface area (Å²) in [5.74, 6) is -2.32. The number of hydrogen-bond donors (Lipinski definition) is 2. The zero-order valence-corrected chi connectivity index (χ0v) is 12.3. The lowest BCUT2D eigenvalue weighted by Crippen LogP contribution is -2.40. The number of nitrogens with one attached hydrogen (secondary N) is 1. The quantitative estimate of drug-likeness (QED) is 0.753. The topological polar surface area (TPSA) is 75.6 Å². The molecule has 126 valence electrons. The second-order valence-electron chi connectivity index (χ2n) is 4.58. The Morgan fingerprint density at radius 3 is 2.57 bits per heavy atom. The van der Waals surface area contributed by atoms with E-state index in [1.54, 1.807) is 0 Å². The Morgan fingerprint density at radius 2 is 2.09 bits per heavy atom. The molecule has 8 heteroatoms. The highest BCUT2D eigenvalue weighted by Gasteiger charge is 2.32.